The SMILES string of the molecule is O=C(NCc1cccnc1)c1c[nH]c2ccc(S(=O)(=O)Nc3ccc(C(F)(F)F)cc3)cc2c1=O. The van der Waals surface area contributed by atoms with Crippen molar-refractivity contribution in [2.45, 2.75) is 17.6 Å². The molecule has 0 radical (unpaired) electrons. The molecule has 4 aromatic rings. The Morgan fingerprint density at radius 3 is 2.46 bits per heavy atom. The summed E-state index contributed by atoms with van der Waals surface area (Å²) in [7, 11) is -4.24. The number of anilines is 1. The summed E-state index contributed by atoms with van der Waals surface area (Å²) in [6.07, 6.45) is -0.181. The molecule has 0 aliphatic heterocycles. The van der Waals surface area contributed by atoms with Crippen LogP contribution in [0.4, 0.5) is 18.9 Å². The quantitative estimate of drug-likeness (QED) is 0.372. The first-order valence-corrected chi connectivity index (χ1v) is 11.6. The molecule has 3 N–H and O–H groups in total. The van der Waals surface area contributed by atoms with Crippen molar-refractivity contribution < 1.29 is 26.4 Å². The lowest BCUT2D eigenvalue weighted by molar-refractivity contribution is -0.137. The highest BCUT2D eigenvalue weighted by Crippen LogP contribution is 2.30. The lowest BCUT2D eigenvalue weighted by Crippen LogP contribution is -2.28. The zero-order valence-corrected chi connectivity index (χ0v) is 18.6. The van der Waals surface area contributed by atoms with Crippen molar-refractivity contribution >= 4 is 32.5 Å². The first-order valence-electron chi connectivity index (χ1n) is 10.1. The molecule has 4 rings (SSSR count). The predicted molar refractivity (Wildman–Crippen MR) is 122 cm³/mol. The molecule has 35 heavy (non-hydrogen) atoms. The van der Waals surface area contributed by atoms with Crippen LogP contribution in [0, 0.1) is 0 Å². The van der Waals surface area contributed by atoms with E-state index in [9.17, 15) is 31.2 Å². The van der Waals surface area contributed by atoms with Gasteiger partial charge in [-0.2, -0.15) is 13.2 Å². The maximum Gasteiger partial charge on any atom is 0.416 e. The molecule has 1 amide bonds. The van der Waals surface area contributed by atoms with Crippen molar-refractivity contribution in [2.24, 2.45) is 0 Å². The molecule has 180 valence electrons. The molecule has 8 nitrogen and oxygen atoms in total. The van der Waals surface area contributed by atoms with Crippen LogP contribution in [-0.4, -0.2) is 24.3 Å². The second-order valence-corrected chi connectivity index (χ2v) is 9.15. The number of benzene rings is 2. The van der Waals surface area contributed by atoms with Gasteiger partial charge in [0.05, 0.1) is 10.5 Å². The van der Waals surface area contributed by atoms with E-state index in [1.165, 1.54) is 18.3 Å². The molecule has 12 heteroatoms. The van der Waals surface area contributed by atoms with Gasteiger partial charge in [-0.15, -0.1) is 0 Å². The summed E-state index contributed by atoms with van der Waals surface area (Å²) >= 11 is 0. The lowest BCUT2D eigenvalue weighted by atomic mass is 10.1. The van der Waals surface area contributed by atoms with E-state index in [1.807, 2.05) is 0 Å². The minimum atomic E-state index is -4.56. The van der Waals surface area contributed by atoms with E-state index < -0.39 is 33.1 Å². The number of fused-ring (bicyclic) bond motifs is 1. The number of hydrogen-bond donors (Lipinski definition) is 3. The number of rotatable bonds is 6. The summed E-state index contributed by atoms with van der Waals surface area (Å²) < 4.78 is 65.9. The third-order valence-electron chi connectivity index (χ3n) is 5.05. The number of H-pyrrole nitrogens is 1. The fourth-order valence-corrected chi connectivity index (χ4v) is 4.34. The molecule has 2 aromatic heterocycles. The molecule has 0 fully saturated rings. The van der Waals surface area contributed by atoms with Crippen LogP contribution in [0.1, 0.15) is 21.5 Å². The van der Waals surface area contributed by atoms with Gasteiger partial charge in [0.1, 0.15) is 5.56 Å². The predicted octanol–water partition coefficient (Wildman–Crippen LogP) is 3.67. The maximum absolute atomic E-state index is 12.9. The molecule has 0 atom stereocenters. The van der Waals surface area contributed by atoms with Crippen molar-refractivity contribution in [2.75, 3.05) is 4.72 Å². The number of alkyl halides is 3. The Bertz CT molecular complexity index is 1550. The zero-order chi connectivity index (χ0) is 25.2. The number of aromatic nitrogens is 2. The largest absolute Gasteiger partial charge is 0.416 e. The number of nitrogens with zero attached hydrogens (tertiary/aromatic N) is 1. The molecule has 0 spiro atoms. The Morgan fingerprint density at radius 2 is 1.80 bits per heavy atom. The minimum absolute atomic E-state index is 0.0469. The van der Waals surface area contributed by atoms with Gasteiger partial charge in [0, 0.05) is 41.7 Å². The third-order valence-corrected chi connectivity index (χ3v) is 6.43. The van der Waals surface area contributed by atoms with Gasteiger partial charge in [0.2, 0.25) is 5.43 Å². The number of amides is 1. The van der Waals surface area contributed by atoms with Gasteiger partial charge in [-0.25, -0.2) is 8.42 Å². The van der Waals surface area contributed by atoms with Crippen LogP contribution in [0.25, 0.3) is 10.9 Å². The van der Waals surface area contributed by atoms with Crippen molar-refractivity contribution in [1.29, 1.82) is 0 Å². The van der Waals surface area contributed by atoms with Crippen molar-refractivity contribution in [3.63, 3.8) is 0 Å². The van der Waals surface area contributed by atoms with Crippen LogP contribution in [0.15, 0.2) is 82.9 Å². The third kappa shape index (κ3) is 5.32. The highest BCUT2D eigenvalue weighted by Gasteiger charge is 2.30. The number of nitrogens with one attached hydrogen (secondary N) is 3. The average molecular weight is 502 g/mol. The van der Waals surface area contributed by atoms with E-state index in [2.05, 4.69) is 20.0 Å². The van der Waals surface area contributed by atoms with Crippen LogP contribution < -0.4 is 15.5 Å². The van der Waals surface area contributed by atoms with Crippen LogP contribution in [0.5, 0.6) is 0 Å². The van der Waals surface area contributed by atoms with Crippen LogP contribution in [0.2, 0.25) is 0 Å². The number of aromatic amines is 1. The summed E-state index contributed by atoms with van der Waals surface area (Å²) in [6, 6.07) is 10.6. The first kappa shape index (κ1) is 24.0. The molecule has 0 unspecified atom stereocenters. The summed E-state index contributed by atoms with van der Waals surface area (Å²) in [5.41, 5.74) is -0.892. The number of pyridine rings is 2. The normalized spacial score (nSPS) is 11.9. The summed E-state index contributed by atoms with van der Waals surface area (Å²) in [5.74, 6) is -0.659. The van der Waals surface area contributed by atoms with Gasteiger partial charge in [0.25, 0.3) is 15.9 Å². The Morgan fingerprint density at radius 1 is 1.06 bits per heavy atom. The van der Waals surface area contributed by atoms with Crippen molar-refractivity contribution in [3.8, 4) is 0 Å². The van der Waals surface area contributed by atoms with Gasteiger partial charge >= 0.3 is 6.18 Å². The smallest absolute Gasteiger partial charge is 0.360 e. The fourth-order valence-electron chi connectivity index (χ4n) is 3.26. The van der Waals surface area contributed by atoms with E-state index in [4.69, 9.17) is 0 Å². The van der Waals surface area contributed by atoms with E-state index in [0.717, 1.165) is 35.9 Å². The Kier molecular flexibility index (Phi) is 6.31. The monoisotopic (exact) mass is 502 g/mol. The Hall–Kier alpha value is -4.19. The summed E-state index contributed by atoms with van der Waals surface area (Å²) in [5, 5.41) is 2.56. The molecule has 0 saturated heterocycles. The number of halogens is 3. The van der Waals surface area contributed by atoms with E-state index in [0.29, 0.717) is 5.52 Å². The van der Waals surface area contributed by atoms with Gasteiger partial charge < -0.3 is 10.3 Å². The van der Waals surface area contributed by atoms with Gasteiger partial charge in [-0.05, 0) is 54.1 Å². The molecule has 2 aromatic carbocycles. The molecule has 0 bridgehead atoms. The van der Waals surface area contributed by atoms with E-state index >= 15 is 0 Å². The Labute approximate surface area is 196 Å². The molecule has 0 saturated carbocycles. The minimum Gasteiger partial charge on any atom is -0.360 e. The number of carbonyl (C=O) groups is 1. The average Bonchev–Trinajstić information content (AvgIpc) is 2.83. The molecule has 0 aliphatic carbocycles. The van der Waals surface area contributed by atoms with Crippen LogP contribution in [0.3, 0.4) is 0 Å². The summed E-state index contributed by atoms with van der Waals surface area (Å²) in [4.78, 5) is 31.9. The molecule has 2 heterocycles. The van der Waals surface area contributed by atoms with E-state index in [-0.39, 0.29) is 28.1 Å². The highest BCUT2D eigenvalue weighted by molar-refractivity contribution is 7.92. The second-order valence-electron chi connectivity index (χ2n) is 7.46. The molecular formula is C23H17F3N4O4S. The van der Waals surface area contributed by atoms with Crippen LogP contribution >= 0.6 is 0 Å². The molecule has 0 aliphatic rings. The zero-order valence-electron chi connectivity index (χ0n) is 17.8. The lowest BCUT2D eigenvalue weighted by Gasteiger charge is -2.11. The van der Waals surface area contributed by atoms with Crippen molar-refractivity contribution in [3.05, 3.63) is 100 Å². The summed E-state index contributed by atoms with van der Waals surface area (Å²) in [6.45, 7) is 0.135. The highest BCUT2D eigenvalue weighted by atomic mass is 32.2. The first-order chi connectivity index (χ1) is 16.5. The fraction of sp³-hybridized carbons (Fsp3) is 0.0870. The van der Waals surface area contributed by atoms with Crippen molar-refractivity contribution in [1.82, 2.24) is 15.3 Å². The molecular weight excluding hydrogens is 485 g/mol. The van der Waals surface area contributed by atoms with Gasteiger partial charge in [0.15, 0.2) is 0 Å². The second kappa shape index (κ2) is 9.22. The number of sulfonamides is 1. The topological polar surface area (TPSA) is 121 Å². The standard InChI is InChI=1S/C23H17F3N4O4S/c24-23(25,26)15-3-5-16(6-4-15)30-35(33,34)17-7-8-20-18(10-17)21(31)19(13-28-20)22(32)29-12-14-2-1-9-27-11-14/h1-11,13,30H,12H2,(H,28,31)(H,29,32). The van der Waals surface area contributed by atoms with E-state index in [1.54, 1.807) is 24.5 Å². The maximum atomic E-state index is 12.9. The Balaban J connectivity index is 1.60. The van der Waals surface area contributed by atoms with Crippen LogP contribution in [-0.2, 0) is 22.7 Å². The van der Waals surface area contributed by atoms with Gasteiger partial charge in [-0.3, -0.25) is 19.3 Å². The number of hydrogen-bond acceptors (Lipinski definition) is 5. The van der Waals surface area contributed by atoms with Gasteiger partial charge in [-0.1, -0.05) is 6.07 Å². The number of carbonyl (C=O) groups excluding carboxylic acids is 1.